The Labute approximate surface area is 98.0 Å². The first-order valence-corrected chi connectivity index (χ1v) is 5.68. The molecule has 16 heavy (non-hydrogen) atoms. The van der Waals surface area contributed by atoms with Crippen molar-refractivity contribution >= 4 is 0 Å². The standard InChI is InChI=1S/C13H21N3/c1-13(2,3)12-11(10-16(4)15-12)8-6-5-7-9-14/h10H,5,7,9,14H2,1-4H3. The van der Waals surface area contributed by atoms with E-state index in [-0.39, 0.29) is 5.41 Å². The molecular formula is C13H21N3. The minimum atomic E-state index is 0.0408. The highest BCUT2D eigenvalue weighted by molar-refractivity contribution is 5.39. The van der Waals surface area contributed by atoms with E-state index in [2.05, 4.69) is 37.7 Å². The van der Waals surface area contributed by atoms with Gasteiger partial charge in [0.05, 0.1) is 11.3 Å². The number of aromatic nitrogens is 2. The number of aryl methyl sites for hydroxylation is 1. The lowest BCUT2D eigenvalue weighted by Crippen LogP contribution is -2.14. The van der Waals surface area contributed by atoms with Gasteiger partial charge in [-0.25, -0.2) is 0 Å². The second-order valence-corrected chi connectivity index (χ2v) is 5.01. The van der Waals surface area contributed by atoms with E-state index in [0.29, 0.717) is 6.54 Å². The van der Waals surface area contributed by atoms with Gasteiger partial charge in [0.15, 0.2) is 0 Å². The summed E-state index contributed by atoms with van der Waals surface area (Å²) in [4.78, 5) is 0. The molecule has 0 saturated heterocycles. The first-order valence-electron chi connectivity index (χ1n) is 5.68. The summed E-state index contributed by atoms with van der Waals surface area (Å²) in [7, 11) is 1.93. The lowest BCUT2D eigenvalue weighted by atomic mass is 9.90. The van der Waals surface area contributed by atoms with E-state index in [9.17, 15) is 0 Å². The van der Waals surface area contributed by atoms with Crippen molar-refractivity contribution < 1.29 is 0 Å². The third kappa shape index (κ3) is 3.39. The van der Waals surface area contributed by atoms with Crippen molar-refractivity contribution in [1.82, 2.24) is 9.78 Å². The molecule has 1 aromatic rings. The van der Waals surface area contributed by atoms with E-state index in [1.54, 1.807) is 0 Å². The average molecular weight is 219 g/mol. The maximum atomic E-state index is 5.43. The number of hydrogen-bond acceptors (Lipinski definition) is 2. The van der Waals surface area contributed by atoms with E-state index >= 15 is 0 Å². The van der Waals surface area contributed by atoms with Crippen molar-refractivity contribution in [2.24, 2.45) is 12.8 Å². The Hall–Kier alpha value is -1.27. The minimum absolute atomic E-state index is 0.0408. The highest BCUT2D eigenvalue weighted by atomic mass is 15.3. The van der Waals surface area contributed by atoms with Crippen LogP contribution in [0.25, 0.3) is 0 Å². The molecule has 0 amide bonds. The third-order valence-electron chi connectivity index (χ3n) is 2.27. The molecule has 0 unspecified atom stereocenters. The Morgan fingerprint density at radius 1 is 1.44 bits per heavy atom. The molecule has 0 bridgehead atoms. The van der Waals surface area contributed by atoms with Crippen LogP contribution in [0.1, 0.15) is 44.9 Å². The zero-order chi connectivity index (χ0) is 12.2. The van der Waals surface area contributed by atoms with Crippen molar-refractivity contribution in [2.45, 2.75) is 39.0 Å². The topological polar surface area (TPSA) is 43.8 Å². The van der Waals surface area contributed by atoms with Crippen LogP contribution in [0.5, 0.6) is 0 Å². The Morgan fingerprint density at radius 2 is 2.12 bits per heavy atom. The maximum absolute atomic E-state index is 5.43. The first-order chi connectivity index (χ1) is 7.45. The van der Waals surface area contributed by atoms with Crippen LogP contribution < -0.4 is 5.73 Å². The molecule has 3 nitrogen and oxygen atoms in total. The van der Waals surface area contributed by atoms with Gasteiger partial charge in [-0.3, -0.25) is 4.68 Å². The Bertz CT molecular complexity index is 399. The SMILES string of the molecule is Cn1cc(C#CCCCN)c(C(C)(C)C)n1. The van der Waals surface area contributed by atoms with Crippen LogP contribution in [0.3, 0.4) is 0 Å². The molecule has 2 N–H and O–H groups in total. The van der Waals surface area contributed by atoms with Crippen molar-refractivity contribution in [3.05, 3.63) is 17.5 Å². The second kappa shape index (κ2) is 5.18. The van der Waals surface area contributed by atoms with Crippen LogP contribution in [0.15, 0.2) is 6.20 Å². The van der Waals surface area contributed by atoms with Crippen LogP contribution in [0.4, 0.5) is 0 Å². The summed E-state index contributed by atoms with van der Waals surface area (Å²) in [5.41, 5.74) is 7.57. The van der Waals surface area contributed by atoms with Gasteiger partial charge in [-0.15, -0.1) is 0 Å². The molecule has 0 atom stereocenters. The lowest BCUT2D eigenvalue weighted by molar-refractivity contribution is 0.552. The Morgan fingerprint density at radius 3 is 2.69 bits per heavy atom. The summed E-state index contributed by atoms with van der Waals surface area (Å²) in [6.45, 7) is 7.16. The summed E-state index contributed by atoms with van der Waals surface area (Å²) in [6, 6.07) is 0. The van der Waals surface area contributed by atoms with Crippen LogP contribution in [-0.4, -0.2) is 16.3 Å². The molecular weight excluding hydrogens is 198 g/mol. The lowest BCUT2D eigenvalue weighted by Gasteiger charge is -2.15. The quantitative estimate of drug-likeness (QED) is 0.609. The largest absolute Gasteiger partial charge is 0.330 e. The van der Waals surface area contributed by atoms with Crippen LogP contribution in [0, 0.1) is 11.8 Å². The van der Waals surface area contributed by atoms with Gasteiger partial charge in [0.1, 0.15) is 0 Å². The average Bonchev–Trinajstić information content (AvgIpc) is 2.54. The Kier molecular flexibility index (Phi) is 4.14. The predicted molar refractivity (Wildman–Crippen MR) is 67.1 cm³/mol. The molecule has 1 heterocycles. The zero-order valence-corrected chi connectivity index (χ0v) is 10.7. The number of rotatable bonds is 2. The molecule has 0 radical (unpaired) electrons. The summed E-state index contributed by atoms with van der Waals surface area (Å²) in [5.74, 6) is 6.33. The van der Waals surface area contributed by atoms with Crippen molar-refractivity contribution in [3.8, 4) is 11.8 Å². The van der Waals surface area contributed by atoms with E-state index in [1.165, 1.54) is 0 Å². The molecule has 1 aromatic heterocycles. The van der Waals surface area contributed by atoms with Gasteiger partial charge in [-0.2, -0.15) is 5.10 Å². The van der Waals surface area contributed by atoms with Gasteiger partial charge < -0.3 is 5.73 Å². The van der Waals surface area contributed by atoms with E-state index in [0.717, 1.165) is 24.1 Å². The summed E-state index contributed by atoms with van der Waals surface area (Å²) < 4.78 is 1.83. The number of nitrogens with two attached hydrogens (primary N) is 1. The molecule has 0 aliphatic rings. The smallest absolute Gasteiger partial charge is 0.0834 e. The molecule has 3 heteroatoms. The second-order valence-electron chi connectivity index (χ2n) is 5.01. The molecule has 0 aromatic carbocycles. The fourth-order valence-electron chi connectivity index (χ4n) is 1.48. The molecule has 0 aliphatic carbocycles. The monoisotopic (exact) mass is 219 g/mol. The summed E-state index contributed by atoms with van der Waals surface area (Å²) >= 11 is 0. The van der Waals surface area contributed by atoms with Crippen LogP contribution in [0.2, 0.25) is 0 Å². The summed E-state index contributed by atoms with van der Waals surface area (Å²) in [5, 5.41) is 4.47. The molecule has 0 aliphatic heterocycles. The highest BCUT2D eigenvalue weighted by Crippen LogP contribution is 2.23. The predicted octanol–water partition coefficient (Wildman–Crippen LogP) is 1.81. The molecule has 0 fully saturated rings. The molecule has 0 saturated carbocycles. The minimum Gasteiger partial charge on any atom is -0.330 e. The zero-order valence-electron chi connectivity index (χ0n) is 10.7. The van der Waals surface area contributed by atoms with Crippen molar-refractivity contribution in [1.29, 1.82) is 0 Å². The van der Waals surface area contributed by atoms with Gasteiger partial charge in [-0.1, -0.05) is 32.6 Å². The van der Waals surface area contributed by atoms with Gasteiger partial charge in [0.25, 0.3) is 0 Å². The summed E-state index contributed by atoms with van der Waals surface area (Å²) in [6.07, 6.45) is 3.79. The van der Waals surface area contributed by atoms with E-state index < -0.39 is 0 Å². The van der Waals surface area contributed by atoms with Gasteiger partial charge in [0, 0.05) is 25.1 Å². The normalized spacial score (nSPS) is 11.1. The first kappa shape index (κ1) is 12.8. The number of unbranched alkanes of at least 4 members (excludes halogenated alkanes) is 1. The molecule has 1 rings (SSSR count). The fourth-order valence-corrected chi connectivity index (χ4v) is 1.48. The third-order valence-corrected chi connectivity index (χ3v) is 2.27. The maximum Gasteiger partial charge on any atom is 0.0834 e. The van der Waals surface area contributed by atoms with Gasteiger partial charge in [0.2, 0.25) is 0 Å². The van der Waals surface area contributed by atoms with E-state index in [1.807, 2.05) is 17.9 Å². The van der Waals surface area contributed by atoms with Crippen molar-refractivity contribution in [3.63, 3.8) is 0 Å². The Balaban J connectivity index is 2.90. The highest BCUT2D eigenvalue weighted by Gasteiger charge is 2.20. The van der Waals surface area contributed by atoms with Crippen molar-refractivity contribution in [2.75, 3.05) is 6.54 Å². The van der Waals surface area contributed by atoms with Crippen LogP contribution in [-0.2, 0) is 12.5 Å². The molecule has 0 spiro atoms. The van der Waals surface area contributed by atoms with Gasteiger partial charge >= 0.3 is 0 Å². The number of nitrogens with zero attached hydrogens (tertiary/aromatic N) is 2. The molecule has 88 valence electrons. The fraction of sp³-hybridized carbons (Fsp3) is 0.615. The van der Waals surface area contributed by atoms with E-state index in [4.69, 9.17) is 5.73 Å². The van der Waals surface area contributed by atoms with Crippen LogP contribution >= 0.6 is 0 Å². The van der Waals surface area contributed by atoms with Gasteiger partial charge in [-0.05, 0) is 13.0 Å². The number of hydrogen-bond donors (Lipinski definition) is 1.